The number of aliphatic hydroxyl groups excluding tert-OH is 1. The van der Waals surface area contributed by atoms with Crippen LogP contribution in [0.4, 0.5) is 0 Å². The van der Waals surface area contributed by atoms with Gasteiger partial charge in [0.25, 0.3) is 11.7 Å². The summed E-state index contributed by atoms with van der Waals surface area (Å²) in [7, 11) is 3.94. The summed E-state index contributed by atoms with van der Waals surface area (Å²) >= 11 is 0. The predicted octanol–water partition coefficient (Wildman–Crippen LogP) is 3.98. The molecule has 0 spiro atoms. The molecule has 1 atom stereocenters. The van der Waals surface area contributed by atoms with E-state index in [1.807, 2.05) is 61.5 Å². The number of ketones is 1. The normalized spacial score (nSPS) is 19.1. The molecule has 7 nitrogen and oxygen atoms in total. The molecule has 1 unspecified atom stereocenters. The summed E-state index contributed by atoms with van der Waals surface area (Å²) < 4.78 is 11.3. The van der Waals surface area contributed by atoms with Crippen LogP contribution >= 0.6 is 0 Å². The molecule has 2 heterocycles. The summed E-state index contributed by atoms with van der Waals surface area (Å²) in [5.74, 6) is -0.404. The molecule has 0 saturated carbocycles. The fraction of sp³-hybridized carbons (Fsp3) is 0.286. The van der Waals surface area contributed by atoms with Crippen LogP contribution in [-0.2, 0) is 9.59 Å². The number of Topliss-reactive ketones (excluding diaryl/α,β-unsaturated/α-hetero) is 1. The Labute approximate surface area is 204 Å². The molecule has 2 aliphatic heterocycles. The Hall–Kier alpha value is -3.84. The first-order valence-corrected chi connectivity index (χ1v) is 11.8. The second-order valence-corrected chi connectivity index (χ2v) is 9.08. The molecule has 1 N–H and O–H groups in total. The highest BCUT2D eigenvalue weighted by Crippen LogP contribution is 2.43. The lowest BCUT2D eigenvalue weighted by molar-refractivity contribution is -0.139. The molecule has 5 rings (SSSR count). The summed E-state index contributed by atoms with van der Waals surface area (Å²) in [6.07, 6.45) is 0.700. The minimum Gasteiger partial charge on any atom is -0.507 e. The molecule has 180 valence electrons. The lowest BCUT2D eigenvalue weighted by Crippen LogP contribution is -2.32. The van der Waals surface area contributed by atoms with Crippen LogP contribution in [-0.4, -0.2) is 67.0 Å². The third-order valence-electron chi connectivity index (χ3n) is 6.48. The van der Waals surface area contributed by atoms with Crippen molar-refractivity contribution in [1.82, 2.24) is 9.80 Å². The monoisotopic (exact) mass is 472 g/mol. The summed E-state index contributed by atoms with van der Waals surface area (Å²) in [4.78, 5) is 30.2. The maximum absolute atomic E-state index is 13.4. The summed E-state index contributed by atoms with van der Waals surface area (Å²) in [6, 6.07) is 18.1. The third kappa shape index (κ3) is 4.23. The zero-order valence-corrected chi connectivity index (χ0v) is 19.9. The molecular weight excluding hydrogens is 444 g/mol. The van der Waals surface area contributed by atoms with Crippen LogP contribution in [0, 0.1) is 0 Å². The summed E-state index contributed by atoms with van der Waals surface area (Å²) in [5, 5.41) is 13.4. The van der Waals surface area contributed by atoms with E-state index in [9.17, 15) is 14.7 Å². The van der Waals surface area contributed by atoms with Crippen molar-refractivity contribution in [3.05, 3.63) is 77.4 Å². The molecule has 1 saturated heterocycles. The van der Waals surface area contributed by atoms with Crippen LogP contribution in [0.3, 0.4) is 0 Å². The molecule has 2 aliphatic rings. The van der Waals surface area contributed by atoms with Gasteiger partial charge in [-0.15, -0.1) is 0 Å². The van der Waals surface area contributed by atoms with Crippen LogP contribution in [0.15, 0.2) is 66.2 Å². The predicted molar refractivity (Wildman–Crippen MR) is 134 cm³/mol. The van der Waals surface area contributed by atoms with Crippen LogP contribution in [0.25, 0.3) is 16.5 Å². The quantitative estimate of drug-likeness (QED) is 0.332. The Morgan fingerprint density at radius 3 is 2.54 bits per heavy atom. The molecule has 3 aromatic rings. The number of hydrogen-bond donors (Lipinski definition) is 1. The van der Waals surface area contributed by atoms with E-state index in [-0.39, 0.29) is 11.3 Å². The third-order valence-corrected chi connectivity index (χ3v) is 6.48. The van der Waals surface area contributed by atoms with Gasteiger partial charge in [-0.3, -0.25) is 9.59 Å². The second-order valence-electron chi connectivity index (χ2n) is 9.08. The number of rotatable bonds is 6. The first-order chi connectivity index (χ1) is 17.0. The number of ether oxygens (including phenoxy) is 2. The molecular formula is C28H28N2O5. The molecule has 0 aromatic heterocycles. The van der Waals surface area contributed by atoms with Gasteiger partial charge in [-0.25, -0.2) is 0 Å². The smallest absolute Gasteiger partial charge is 0.295 e. The summed E-state index contributed by atoms with van der Waals surface area (Å²) in [5.41, 5.74) is 1.31. The van der Waals surface area contributed by atoms with Crippen molar-refractivity contribution < 1.29 is 24.2 Å². The van der Waals surface area contributed by atoms with Crippen LogP contribution < -0.4 is 9.47 Å². The van der Waals surface area contributed by atoms with Gasteiger partial charge < -0.3 is 24.4 Å². The van der Waals surface area contributed by atoms with E-state index in [1.54, 1.807) is 23.1 Å². The zero-order chi connectivity index (χ0) is 24.5. The molecule has 7 heteroatoms. The van der Waals surface area contributed by atoms with E-state index in [1.165, 1.54) is 0 Å². The summed E-state index contributed by atoms with van der Waals surface area (Å²) in [6.45, 7) is 2.03. The van der Waals surface area contributed by atoms with Gasteiger partial charge in [0.15, 0.2) is 11.5 Å². The van der Waals surface area contributed by atoms with E-state index >= 15 is 0 Å². The Bertz CT molecular complexity index is 1320. The number of hydrogen-bond acceptors (Lipinski definition) is 6. The van der Waals surface area contributed by atoms with E-state index < -0.39 is 17.7 Å². The molecule has 0 bridgehead atoms. The number of likely N-dealkylation sites (tertiary alicyclic amines) is 1. The first-order valence-electron chi connectivity index (χ1n) is 11.8. The van der Waals surface area contributed by atoms with Crippen molar-refractivity contribution >= 4 is 28.2 Å². The number of fused-ring (bicyclic) bond motifs is 2. The lowest BCUT2D eigenvalue weighted by atomic mass is 9.91. The highest BCUT2D eigenvalue weighted by atomic mass is 16.6. The minimum absolute atomic E-state index is 0.0906. The zero-order valence-electron chi connectivity index (χ0n) is 19.9. The molecule has 1 amide bonds. The maximum atomic E-state index is 13.4. The van der Waals surface area contributed by atoms with E-state index in [0.29, 0.717) is 43.2 Å². The first kappa shape index (κ1) is 22.9. The van der Waals surface area contributed by atoms with E-state index in [2.05, 4.69) is 0 Å². The van der Waals surface area contributed by atoms with Gasteiger partial charge in [-0.05, 0) is 61.6 Å². The standard InChI is InChI=1S/C28H28N2O5/c1-29(2)13-6-14-30-25(21-10-5-8-18-7-3-4-9-20(18)21)24(27(32)28(30)33)26(31)19-11-12-22-23(17-19)35-16-15-34-22/h3-5,7-12,17,25,31H,6,13-16H2,1-2H3/b26-24+. The molecule has 0 aliphatic carbocycles. The number of nitrogens with zero attached hydrogens (tertiary/aromatic N) is 2. The SMILES string of the molecule is CN(C)CCCN1C(=O)C(=O)/C(=C(/O)c2ccc3c(c2)OCCO3)C1c1cccc2ccccc12. The van der Waals surface area contributed by atoms with E-state index in [4.69, 9.17) is 9.47 Å². The van der Waals surface area contributed by atoms with Crippen molar-refractivity contribution in [2.45, 2.75) is 12.5 Å². The van der Waals surface area contributed by atoms with Crippen LogP contribution in [0.2, 0.25) is 0 Å². The molecule has 35 heavy (non-hydrogen) atoms. The van der Waals surface area contributed by atoms with Gasteiger partial charge in [-0.2, -0.15) is 0 Å². The Kier molecular flexibility index (Phi) is 6.17. The van der Waals surface area contributed by atoms with Gasteiger partial charge in [0.2, 0.25) is 0 Å². The second kappa shape index (κ2) is 9.43. The number of benzene rings is 3. The minimum atomic E-state index is -0.698. The average Bonchev–Trinajstić information content (AvgIpc) is 3.12. The topological polar surface area (TPSA) is 79.3 Å². The van der Waals surface area contributed by atoms with Crippen molar-refractivity contribution in [1.29, 1.82) is 0 Å². The van der Waals surface area contributed by atoms with Crippen molar-refractivity contribution in [3.63, 3.8) is 0 Å². The number of aliphatic hydroxyl groups is 1. The molecule has 0 radical (unpaired) electrons. The van der Waals surface area contributed by atoms with Gasteiger partial charge in [0.05, 0.1) is 11.6 Å². The lowest BCUT2D eigenvalue weighted by Gasteiger charge is -2.27. The molecule has 1 fully saturated rings. The van der Waals surface area contributed by atoms with Crippen LogP contribution in [0.1, 0.15) is 23.6 Å². The highest BCUT2D eigenvalue weighted by molar-refractivity contribution is 6.46. The Balaban J connectivity index is 1.65. The van der Waals surface area contributed by atoms with Gasteiger partial charge in [0, 0.05) is 12.1 Å². The van der Waals surface area contributed by atoms with Gasteiger partial charge >= 0.3 is 0 Å². The number of carbonyl (C=O) groups excluding carboxylic acids is 2. The van der Waals surface area contributed by atoms with Gasteiger partial charge in [-0.1, -0.05) is 42.5 Å². The fourth-order valence-electron chi connectivity index (χ4n) is 4.83. The Morgan fingerprint density at radius 1 is 1.00 bits per heavy atom. The van der Waals surface area contributed by atoms with E-state index in [0.717, 1.165) is 22.9 Å². The molecule has 3 aromatic carbocycles. The van der Waals surface area contributed by atoms with Crippen LogP contribution in [0.5, 0.6) is 11.5 Å². The maximum Gasteiger partial charge on any atom is 0.295 e. The van der Waals surface area contributed by atoms with Gasteiger partial charge in [0.1, 0.15) is 19.0 Å². The fourth-order valence-corrected chi connectivity index (χ4v) is 4.83. The number of carbonyl (C=O) groups is 2. The largest absolute Gasteiger partial charge is 0.507 e. The highest BCUT2D eigenvalue weighted by Gasteiger charge is 2.46. The Morgan fingerprint density at radius 2 is 1.74 bits per heavy atom. The van der Waals surface area contributed by atoms with Crippen molar-refractivity contribution in [2.75, 3.05) is 40.4 Å². The number of amides is 1. The average molecular weight is 473 g/mol. The van der Waals surface area contributed by atoms with Crippen molar-refractivity contribution in [3.8, 4) is 11.5 Å². The van der Waals surface area contributed by atoms with Crippen molar-refractivity contribution in [2.24, 2.45) is 0 Å².